The molecule has 0 aliphatic heterocycles. The highest BCUT2D eigenvalue weighted by Gasteiger charge is 2.09. The minimum absolute atomic E-state index is 0.0810. The maximum absolute atomic E-state index is 10.4. The number of carboxylic acid groups (broad SMARTS) is 1. The third kappa shape index (κ3) is 2.21. The van der Waals surface area contributed by atoms with Gasteiger partial charge in [-0.1, -0.05) is 11.6 Å². The van der Waals surface area contributed by atoms with Gasteiger partial charge in [-0.15, -0.1) is 0 Å². The van der Waals surface area contributed by atoms with Gasteiger partial charge >= 0.3 is 5.97 Å². The Morgan fingerprint density at radius 1 is 1.47 bits per heavy atom. The summed E-state index contributed by atoms with van der Waals surface area (Å²) < 4.78 is 0. The average molecular weight is 250 g/mol. The molecule has 86 valence electrons. The van der Waals surface area contributed by atoms with Crippen molar-refractivity contribution in [2.24, 2.45) is 0 Å². The van der Waals surface area contributed by atoms with Crippen LogP contribution in [0.3, 0.4) is 0 Å². The Labute approximate surface area is 102 Å². The summed E-state index contributed by atoms with van der Waals surface area (Å²) in [4.78, 5) is 14.4. The lowest BCUT2D eigenvalue weighted by Crippen LogP contribution is -1.88. The minimum Gasteiger partial charge on any atom is -0.505 e. The summed E-state index contributed by atoms with van der Waals surface area (Å²) in [6.45, 7) is 0. The standard InChI is InChI=1S/C12H8ClNO3/c13-9-6-7(3-4-10(15)16)12(17)11-8(9)2-1-5-14-11/h1-6,17H,(H,15,16). The van der Waals surface area contributed by atoms with Crippen LogP contribution in [-0.4, -0.2) is 21.2 Å². The molecule has 0 radical (unpaired) electrons. The van der Waals surface area contributed by atoms with E-state index in [1.165, 1.54) is 18.3 Å². The summed E-state index contributed by atoms with van der Waals surface area (Å²) in [5.41, 5.74) is 0.675. The van der Waals surface area contributed by atoms with E-state index in [2.05, 4.69) is 4.98 Å². The number of hydrogen-bond acceptors (Lipinski definition) is 3. The molecule has 0 spiro atoms. The average Bonchev–Trinajstić information content (AvgIpc) is 2.32. The molecule has 0 amide bonds. The Morgan fingerprint density at radius 3 is 2.94 bits per heavy atom. The van der Waals surface area contributed by atoms with Gasteiger partial charge in [0, 0.05) is 23.2 Å². The SMILES string of the molecule is O=C(O)C=Cc1cc(Cl)c2cccnc2c1O. The van der Waals surface area contributed by atoms with E-state index in [1.54, 1.807) is 12.1 Å². The van der Waals surface area contributed by atoms with Crippen LogP contribution in [0.5, 0.6) is 5.75 Å². The minimum atomic E-state index is -1.10. The number of benzene rings is 1. The second-order valence-electron chi connectivity index (χ2n) is 3.37. The number of fused-ring (bicyclic) bond motifs is 1. The molecule has 5 heteroatoms. The van der Waals surface area contributed by atoms with Gasteiger partial charge in [-0.2, -0.15) is 0 Å². The molecule has 0 aliphatic carbocycles. The maximum atomic E-state index is 10.4. The van der Waals surface area contributed by atoms with E-state index < -0.39 is 5.97 Å². The van der Waals surface area contributed by atoms with Crippen molar-refractivity contribution in [3.63, 3.8) is 0 Å². The maximum Gasteiger partial charge on any atom is 0.328 e. The second-order valence-corrected chi connectivity index (χ2v) is 3.77. The van der Waals surface area contributed by atoms with Crippen molar-refractivity contribution >= 4 is 34.5 Å². The Balaban J connectivity index is 2.67. The zero-order valence-corrected chi connectivity index (χ0v) is 9.35. The van der Waals surface area contributed by atoms with Crippen molar-refractivity contribution in [2.45, 2.75) is 0 Å². The van der Waals surface area contributed by atoms with E-state index in [9.17, 15) is 9.90 Å². The van der Waals surface area contributed by atoms with Crippen LogP contribution in [0.4, 0.5) is 0 Å². The Morgan fingerprint density at radius 2 is 2.24 bits per heavy atom. The molecule has 1 aromatic carbocycles. The van der Waals surface area contributed by atoms with Crippen LogP contribution >= 0.6 is 11.6 Å². The lowest BCUT2D eigenvalue weighted by atomic mass is 10.1. The van der Waals surface area contributed by atoms with Crippen molar-refractivity contribution in [2.75, 3.05) is 0 Å². The molecule has 0 aliphatic rings. The highest BCUT2D eigenvalue weighted by molar-refractivity contribution is 6.35. The number of phenols is 1. The van der Waals surface area contributed by atoms with Crippen molar-refractivity contribution in [1.29, 1.82) is 0 Å². The Hall–Kier alpha value is -2.07. The zero-order chi connectivity index (χ0) is 12.4. The molecule has 0 atom stereocenters. The second kappa shape index (κ2) is 4.43. The molecule has 17 heavy (non-hydrogen) atoms. The first-order valence-corrected chi connectivity index (χ1v) is 5.14. The van der Waals surface area contributed by atoms with E-state index in [1.807, 2.05) is 0 Å². The van der Waals surface area contributed by atoms with Crippen LogP contribution in [0.2, 0.25) is 5.02 Å². The van der Waals surface area contributed by atoms with Gasteiger partial charge in [0.2, 0.25) is 0 Å². The summed E-state index contributed by atoms with van der Waals surface area (Å²) >= 11 is 6.02. The first-order valence-electron chi connectivity index (χ1n) is 4.77. The molecule has 0 saturated heterocycles. The molecule has 0 unspecified atom stereocenters. The molecule has 2 rings (SSSR count). The van der Waals surface area contributed by atoms with Gasteiger partial charge in [0.1, 0.15) is 11.3 Å². The van der Waals surface area contributed by atoms with E-state index in [0.29, 0.717) is 21.5 Å². The number of pyridine rings is 1. The zero-order valence-electron chi connectivity index (χ0n) is 8.59. The molecular formula is C12H8ClNO3. The number of aromatic hydroxyl groups is 1. The van der Waals surface area contributed by atoms with Crippen LogP contribution in [0.1, 0.15) is 5.56 Å². The molecular weight excluding hydrogens is 242 g/mol. The molecule has 4 nitrogen and oxygen atoms in total. The Bertz CT molecular complexity index is 622. The molecule has 0 bridgehead atoms. The van der Waals surface area contributed by atoms with Gasteiger partial charge in [0.25, 0.3) is 0 Å². The van der Waals surface area contributed by atoms with Crippen molar-refractivity contribution in [3.05, 3.63) is 41.1 Å². The lowest BCUT2D eigenvalue weighted by molar-refractivity contribution is -0.131. The summed E-state index contributed by atoms with van der Waals surface area (Å²) in [7, 11) is 0. The van der Waals surface area contributed by atoms with Gasteiger partial charge in [-0.3, -0.25) is 4.98 Å². The third-order valence-corrected chi connectivity index (χ3v) is 2.56. The number of hydrogen-bond donors (Lipinski definition) is 2. The first-order chi connectivity index (χ1) is 8.09. The largest absolute Gasteiger partial charge is 0.505 e. The predicted molar refractivity (Wildman–Crippen MR) is 65.1 cm³/mol. The number of aliphatic carboxylic acids is 1. The van der Waals surface area contributed by atoms with Gasteiger partial charge in [-0.05, 0) is 24.3 Å². The predicted octanol–water partition coefficient (Wildman–Crippen LogP) is 2.69. The lowest BCUT2D eigenvalue weighted by Gasteiger charge is -2.05. The van der Waals surface area contributed by atoms with E-state index in [4.69, 9.17) is 16.7 Å². The fourth-order valence-corrected chi connectivity index (χ4v) is 1.76. The monoisotopic (exact) mass is 249 g/mol. The molecule has 1 heterocycles. The van der Waals surface area contributed by atoms with Gasteiger partial charge in [0.05, 0.1) is 5.02 Å². The van der Waals surface area contributed by atoms with Crippen LogP contribution in [0, 0.1) is 0 Å². The van der Waals surface area contributed by atoms with Crippen LogP contribution in [-0.2, 0) is 4.79 Å². The quantitative estimate of drug-likeness (QED) is 0.803. The third-order valence-electron chi connectivity index (χ3n) is 2.25. The number of carboxylic acids is 1. The highest BCUT2D eigenvalue weighted by atomic mass is 35.5. The number of halogens is 1. The van der Waals surface area contributed by atoms with Gasteiger partial charge in [-0.25, -0.2) is 4.79 Å². The fraction of sp³-hybridized carbons (Fsp3) is 0. The van der Waals surface area contributed by atoms with Crippen LogP contribution < -0.4 is 0 Å². The fourth-order valence-electron chi connectivity index (χ4n) is 1.49. The first kappa shape index (κ1) is 11.4. The topological polar surface area (TPSA) is 70.4 Å². The summed E-state index contributed by atoms with van der Waals surface area (Å²) in [6, 6.07) is 4.94. The van der Waals surface area contributed by atoms with E-state index in [0.717, 1.165) is 6.08 Å². The van der Waals surface area contributed by atoms with Crippen molar-refractivity contribution in [1.82, 2.24) is 4.98 Å². The summed E-state index contributed by atoms with van der Waals surface area (Å²) in [6.07, 6.45) is 3.74. The molecule has 2 N–H and O–H groups in total. The number of carbonyl (C=O) groups is 1. The number of rotatable bonds is 2. The molecule has 2 aromatic rings. The van der Waals surface area contributed by atoms with Gasteiger partial charge in [0.15, 0.2) is 0 Å². The van der Waals surface area contributed by atoms with Gasteiger partial charge < -0.3 is 10.2 Å². The number of phenolic OH excluding ortho intramolecular Hbond substituents is 1. The summed E-state index contributed by atoms with van der Waals surface area (Å²) in [5, 5.41) is 19.5. The van der Waals surface area contributed by atoms with Crippen LogP contribution in [0.15, 0.2) is 30.5 Å². The molecule has 0 fully saturated rings. The number of aromatic nitrogens is 1. The number of nitrogens with zero attached hydrogens (tertiary/aromatic N) is 1. The normalized spacial score (nSPS) is 11.1. The summed E-state index contributed by atoms with van der Waals surface area (Å²) in [5.74, 6) is -1.18. The van der Waals surface area contributed by atoms with Crippen molar-refractivity contribution in [3.8, 4) is 5.75 Å². The van der Waals surface area contributed by atoms with Crippen LogP contribution in [0.25, 0.3) is 17.0 Å². The molecule has 0 saturated carbocycles. The van der Waals surface area contributed by atoms with E-state index >= 15 is 0 Å². The Kier molecular flexibility index (Phi) is 2.97. The molecule has 1 aromatic heterocycles. The smallest absolute Gasteiger partial charge is 0.328 e. The van der Waals surface area contributed by atoms with Crippen molar-refractivity contribution < 1.29 is 15.0 Å². The van der Waals surface area contributed by atoms with E-state index in [-0.39, 0.29) is 5.75 Å². The highest BCUT2D eigenvalue weighted by Crippen LogP contribution is 2.33.